The van der Waals surface area contributed by atoms with Crippen molar-refractivity contribution in [1.82, 2.24) is 10.3 Å². The van der Waals surface area contributed by atoms with Gasteiger partial charge in [0.15, 0.2) is 0 Å². The number of nitrogens with zero attached hydrogens (tertiary/aromatic N) is 1. The fraction of sp³-hybridized carbons (Fsp3) is 0.294. The van der Waals surface area contributed by atoms with Crippen LogP contribution in [0.15, 0.2) is 30.5 Å². The number of rotatable bonds is 6. The molecule has 0 aliphatic heterocycles. The van der Waals surface area contributed by atoms with Gasteiger partial charge in [0.1, 0.15) is 17.9 Å². The zero-order valence-corrected chi connectivity index (χ0v) is 12.7. The third-order valence-corrected chi connectivity index (χ3v) is 3.86. The highest BCUT2D eigenvalue weighted by atomic mass is 19.1. The molecule has 1 aliphatic carbocycles. The second kappa shape index (κ2) is 6.44. The van der Waals surface area contributed by atoms with E-state index in [9.17, 15) is 14.3 Å². The van der Waals surface area contributed by atoms with Crippen LogP contribution in [0.2, 0.25) is 0 Å². The molecule has 2 aromatic rings. The molecular weight excluding hydrogens is 297 g/mol. The molecule has 0 radical (unpaired) electrons. The molecular formula is C17H18FN3O2. The normalized spacial score (nSPS) is 15.3. The molecule has 1 unspecified atom stereocenters. The highest BCUT2D eigenvalue weighted by molar-refractivity contribution is 5.73. The molecule has 0 bridgehead atoms. The van der Waals surface area contributed by atoms with Gasteiger partial charge >= 0.3 is 0 Å². The van der Waals surface area contributed by atoms with Gasteiger partial charge in [0.05, 0.1) is 0 Å². The van der Waals surface area contributed by atoms with Gasteiger partial charge < -0.3 is 10.4 Å². The number of benzene rings is 1. The number of hydrogen-bond acceptors (Lipinski definition) is 4. The number of halogens is 1. The van der Waals surface area contributed by atoms with Gasteiger partial charge in [-0.3, -0.25) is 10.1 Å². The molecule has 1 amide bonds. The molecule has 0 spiro atoms. The topological polar surface area (TPSA) is 74.2 Å². The number of aromatic nitrogens is 1. The molecule has 23 heavy (non-hydrogen) atoms. The van der Waals surface area contributed by atoms with Crippen molar-refractivity contribution in [2.45, 2.75) is 32.0 Å². The summed E-state index contributed by atoms with van der Waals surface area (Å²) in [4.78, 5) is 14.6. The van der Waals surface area contributed by atoms with Crippen LogP contribution in [-0.4, -0.2) is 22.5 Å². The summed E-state index contributed by atoms with van der Waals surface area (Å²) in [6, 6.07) is 6.63. The second-order valence-corrected chi connectivity index (χ2v) is 5.73. The Morgan fingerprint density at radius 1 is 1.39 bits per heavy atom. The molecule has 120 valence electrons. The van der Waals surface area contributed by atoms with Gasteiger partial charge in [-0.2, -0.15) is 0 Å². The summed E-state index contributed by atoms with van der Waals surface area (Å²) in [7, 11) is 0. The number of anilines is 1. The molecule has 1 aromatic carbocycles. The number of hydrogen-bond donors (Lipinski definition) is 3. The zero-order chi connectivity index (χ0) is 16.4. The van der Waals surface area contributed by atoms with Crippen molar-refractivity contribution in [2.75, 3.05) is 5.32 Å². The third-order valence-electron chi connectivity index (χ3n) is 3.86. The first-order valence-corrected chi connectivity index (χ1v) is 7.49. The van der Waals surface area contributed by atoms with Crippen LogP contribution >= 0.6 is 0 Å². The van der Waals surface area contributed by atoms with Crippen molar-refractivity contribution < 1.29 is 14.3 Å². The number of carbonyl (C=O) groups excluding carboxylic acids is 1. The van der Waals surface area contributed by atoms with E-state index >= 15 is 0 Å². The predicted octanol–water partition coefficient (Wildman–Crippen LogP) is 2.51. The van der Waals surface area contributed by atoms with E-state index in [1.807, 2.05) is 0 Å². The quantitative estimate of drug-likeness (QED) is 0.565. The molecule has 1 aliphatic rings. The average molecular weight is 315 g/mol. The van der Waals surface area contributed by atoms with Crippen molar-refractivity contribution in [3.05, 3.63) is 47.4 Å². The lowest BCUT2D eigenvalue weighted by atomic mass is 10.0. The maximum atomic E-state index is 14.2. The SMILES string of the molecule is Cc1cc(-c2cc(C(O)NC3CC3)ccc2F)cnc1NC=O. The van der Waals surface area contributed by atoms with Crippen molar-refractivity contribution in [3.8, 4) is 11.1 Å². The van der Waals surface area contributed by atoms with E-state index in [2.05, 4.69) is 15.6 Å². The predicted molar refractivity (Wildman–Crippen MR) is 85.2 cm³/mol. The second-order valence-electron chi connectivity index (χ2n) is 5.73. The molecule has 1 atom stereocenters. The van der Waals surface area contributed by atoms with E-state index in [4.69, 9.17) is 0 Å². The summed E-state index contributed by atoms with van der Waals surface area (Å²) in [6.07, 6.45) is 3.35. The third kappa shape index (κ3) is 3.55. The van der Waals surface area contributed by atoms with Gasteiger partial charge in [0, 0.05) is 23.4 Å². The summed E-state index contributed by atoms with van der Waals surface area (Å²) in [6.45, 7) is 1.79. The molecule has 1 aromatic heterocycles. The van der Waals surface area contributed by atoms with Crippen LogP contribution in [0.4, 0.5) is 10.2 Å². The van der Waals surface area contributed by atoms with Crippen LogP contribution in [0.5, 0.6) is 0 Å². The van der Waals surface area contributed by atoms with Gasteiger partial charge in [-0.1, -0.05) is 6.07 Å². The van der Waals surface area contributed by atoms with Gasteiger partial charge in [0.25, 0.3) is 0 Å². The maximum absolute atomic E-state index is 14.2. The number of aliphatic hydroxyl groups is 1. The van der Waals surface area contributed by atoms with Crippen molar-refractivity contribution in [3.63, 3.8) is 0 Å². The van der Waals surface area contributed by atoms with Crippen LogP contribution in [0.25, 0.3) is 11.1 Å². The Balaban J connectivity index is 1.91. The highest BCUT2D eigenvalue weighted by Gasteiger charge is 2.24. The lowest BCUT2D eigenvalue weighted by Crippen LogP contribution is -2.22. The Morgan fingerprint density at radius 3 is 2.83 bits per heavy atom. The molecule has 0 saturated heterocycles. The fourth-order valence-electron chi connectivity index (χ4n) is 2.43. The Kier molecular flexibility index (Phi) is 4.36. The lowest BCUT2D eigenvalue weighted by molar-refractivity contribution is -0.105. The minimum absolute atomic E-state index is 0.344. The molecule has 5 nitrogen and oxygen atoms in total. The lowest BCUT2D eigenvalue weighted by Gasteiger charge is -2.15. The van der Waals surface area contributed by atoms with Crippen LogP contribution in [0, 0.1) is 12.7 Å². The van der Waals surface area contributed by atoms with E-state index in [1.54, 1.807) is 25.1 Å². The fourth-order valence-corrected chi connectivity index (χ4v) is 2.43. The number of pyridine rings is 1. The van der Waals surface area contributed by atoms with Crippen LogP contribution < -0.4 is 10.6 Å². The Bertz CT molecular complexity index is 732. The smallest absolute Gasteiger partial charge is 0.212 e. The molecule has 6 heteroatoms. The summed E-state index contributed by atoms with van der Waals surface area (Å²) in [5.41, 5.74) is 2.31. The summed E-state index contributed by atoms with van der Waals surface area (Å²) in [5.74, 6) is 0.0559. The van der Waals surface area contributed by atoms with Crippen LogP contribution in [0.1, 0.15) is 30.2 Å². The first-order chi connectivity index (χ1) is 11.1. The summed E-state index contributed by atoms with van der Waals surface area (Å²) in [5, 5.41) is 15.7. The minimum atomic E-state index is -0.813. The molecule has 1 fully saturated rings. The minimum Gasteiger partial charge on any atom is -0.374 e. The molecule has 1 heterocycles. The standard InChI is InChI=1S/C17H18FN3O2/c1-10-6-12(8-19-16(10)20-9-22)14-7-11(2-5-15(14)18)17(23)21-13-3-4-13/h2,5-9,13,17,21,23H,3-4H2,1H3,(H,19,20,22). The van der Waals surface area contributed by atoms with E-state index in [0.717, 1.165) is 18.4 Å². The van der Waals surface area contributed by atoms with Gasteiger partial charge in [-0.05, 0) is 49.1 Å². The van der Waals surface area contributed by atoms with E-state index in [0.29, 0.717) is 35.0 Å². The first kappa shape index (κ1) is 15.6. The summed E-state index contributed by atoms with van der Waals surface area (Å²) >= 11 is 0. The highest BCUT2D eigenvalue weighted by Crippen LogP contribution is 2.29. The van der Waals surface area contributed by atoms with Crippen LogP contribution in [-0.2, 0) is 4.79 Å². The number of aliphatic hydroxyl groups excluding tert-OH is 1. The van der Waals surface area contributed by atoms with Gasteiger partial charge in [-0.25, -0.2) is 9.37 Å². The van der Waals surface area contributed by atoms with Crippen molar-refractivity contribution >= 4 is 12.2 Å². The van der Waals surface area contributed by atoms with Gasteiger partial charge in [0.2, 0.25) is 6.41 Å². The van der Waals surface area contributed by atoms with Crippen molar-refractivity contribution in [1.29, 1.82) is 0 Å². The number of amides is 1. The molecule has 1 saturated carbocycles. The number of aryl methyl sites for hydroxylation is 1. The van der Waals surface area contributed by atoms with E-state index in [-0.39, 0.29) is 5.82 Å². The Morgan fingerprint density at radius 2 is 2.17 bits per heavy atom. The Labute approximate surface area is 133 Å². The number of carbonyl (C=O) groups is 1. The molecule has 3 N–H and O–H groups in total. The van der Waals surface area contributed by atoms with Crippen molar-refractivity contribution in [2.24, 2.45) is 0 Å². The monoisotopic (exact) mass is 315 g/mol. The van der Waals surface area contributed by atoms with E-state index in [1.165, 1.54) is 12.3 Å². The molecule has 3 rings (SSSR count). The Hall–Kier alpha value is -2.31. The maximum Gasteiger partial charge on any atom is 0.212 e. The average Bonchev–Trinajstić information content (AvgIpc) is 3.34. The summed E-state index contributed by atoms with van der Waals surface area (Å²) < 4.78 is 14.2. The first-order valence-electron chi connectivity index (χ1n) is 7.49. The zero-order valence-electron chi connectivity index (χ0n) is 12.7. The van der Waals surface area contributed by atoms with Gasteiger partial charge in [-0.15, -0.1) is 0 Å². The van der Waals surface area contributed by atoms with Crippen LogP contribution in [0.3, 0.4) is 0 Å². The van der Waals surface area contributed by atoms with E-state index < -0.39 is 6.23 Å². The largest absolute Gasteiger partial charge is 0.374 e. The number of nitrogens with one attached hydrogen (secondary N) is 2.